The van der Waals surface area contributed by atoms with Gasteiger partial charge in [0.2, 0.25) is 0 Å². The summed E-state index contributed by atoms with van der Waals surface area (Å²) < 4.78 is 39.3. The molecule has 0 aliphatic rings. The summed E-state index contributed by atoms with van der Waals surface area (Å²) >= 11 is 0. The average molecular weight is 271 g/mol. The molecule has 2 aromatic rings. The first-order chi connectivity index (χ1) is 8.79. The van der Waals surface area contributed by atoms with Crippen LogP contribution in [0.5, 0.6) is 0 Å². The van der Waals surface area contributed by atoms with E-state index in [4.69, 9.17) is 5.73 Å². The molecular formula is C13H16F3N3. The first kappa shape index (κ1) is 13.9. The number of rotatable bonds is 3. The zero-order valence-corrected chi connectivity index (χ0v) is 10.8. The molecule has 2 rings (SSSR count). The minimum Gasteiger partial charge on any atom is -0.327 e. The highest BCUT2D eigenvalue weighted by atomic mass is 19.4. The zero-order valence-electron chi connectivity index (χ0n) is 10.8. The molecule has 2 atom stereocenters. The van der Waals surface area contributed by atoms with E-state index in [1.165, 1.54) is 4.57 Å². The molecule has 0 fully saturated rings. The number of hydrogen-bond donors (Lipinski definition) is 1. The van der Waals surface area contributed by atoms with Crippen LogP contribution in [-0.4, -0.2) is 21.8 Å². The van der Waals surface area contributed by atoms with Gasteiger partial charge >= 0.3 is 6.18 Å². The lowest BCUT2D eigenvalue weighted by atomic mass is 10.0. The van der Waals surface area contributed by atoms with Crippen molar-refractivity contribution < 1.29 is 13.2 Å². The molecule has 0 spiro atoms. The average Bonchev–Trinajstić information content (AvgIpc) is 2.65. The highest BCUT2D eigenvalue weighted by molar-refractivity contribution is 5.76. The second-order valence-corrected chi connectivity index (χ2v) is 4.81. The minimum absolute atomic E-state index is 0.241. The summed E-state index contributed by atoms with van der Waals surface area (Å²) in [4.78, 5) is 4.30. The van der Waals surface area contributed by atoms with Gasteiger partial charge in [-0.05, 0) is 19.1 Å². The van der Waals surface area contributed by atoms with Crippen LogP contribution in [0, 0.1) is 0 Å². The molecule has 0 radical (unpaired) electrons. The molecule has 19 heavy (non-hydrogen) atoms. The SMILES string of the molecule is CC(N)C(C)c1nc2ccccc2n1CC(F)(F)F. The Morgan fingerprint density at radius 2 is 1.89 bits per heavy atom. The number of para-hydroxylation sites is 2. The van der Waals surface area contributed by atoms with Crippen molar-refractivity contribution in [3.63, 3.8) is 0 Å². The molecule has 0 amide bonds. The monoisotopic (exact) mass is 271 g/mol. The molecule has 3 nitrogen and oxygen atoms in total. The van der Waals surface area contributed by atoms with Gasteiger partial charge in [-0.15, -0.1) is 0 Å². The highest BCUT2D eigenvalue weighted by Crippen LogP contribution is 2.27. The molecule has 2 unspecified atom stereocenters. The third kappa shape index (κ3) is 2.89. The Labute approximate surface area is 109 Å². The Morgan fingerprint density at radius 3 is 2.47 bits per heavy atom. The molecule has 0 aliphatic carbocycles. The van der Waals surface area contributed by atoms with Gasteiger partial charge in [-0.3, -0.25) is 0 Å². The normalized spacial score (nSPS) is 15.7. The van der Waals surface area contributed by atoms with E-state index < -0.39 is 12.7 Å². The van der Waals surface area contributed by atoms with E-state index in [-0.39, 0.29) is 12.0 Å². The van der Waals surface area contributed by atoms with E-state index in [0.717, 1.165) is 0 Å². The molecule has 2 N–H and O–H groups in total. The smallest absolute Gasteiger partial charge is 0.327 e. The van der Waals surface area contributed by atoms with Crippen molar-refractivity contribution >= 4 is 11.0 Å². The Bertz CT molecular complexity index is 572. The van der Waals surface area contributed by atoms with Crippen molar-refractivity contribution in [2.24, 2.45) is 5.73 Å². The van der Waals surface area contributed by atoms with Crippen molar-refractivity contribution in [2.75, 3.05) is 0 Å². The van der Waals surface area contributed by atoms with E-state index in [1.807, 2.05) is 0 Å². The molecule has 104 valence electrons. The van der Waals surface area contributed by atoms with Gasteiger partial charge in [0, 0.05) is 12.0 Å². The summed E-state index contributed by atoms with van der Waals surface area (Å²) in [5, 5.41) is 0. The molecule has 1 aromatic carbocycles. The van der Waals surface area contributed by atoms with Crippen LogP contribution in [0.3, 0.4) is 0 Å². The largest absolute Gasteiger partial charge is 0.406 e. The van der Waals surface area contributed by atoms with Crippen LogP contribution < -0.4 is 5.73 Å². The number of nitrogens with zero attached hydrogens (tertiary/aromatic N) is 2. The van der Waals surface area contributed by atoms with Gasteiger partial charge < -0.3 is 10.3 Å². The van der Waals surface area contributed by atoms with E-state index in [9.17, 15) is 13.2 Å². The fourth-order valence-corrected chi connectivity index (χ4v) is 2.02. The van der Waals surface area contributed by atoms with Crippen LogP contribution >= 0.6 is 0 Å². The fourth-order valence-electron chi connectivity index (χ4n) is 2.02. The van der Waals surface area contributed by atoms with Gasteiger partial charge in [-0.25, -0.2) is 4.98 Å². The first-order valence-corrected chi connectivity index (χ1v) is 6.07. The standard InChI is InChI=1S/C13H16F3N3/c1-8(9(2)17)12-18-10-5-3-4-6-11(10)19(12)7-13(14,15)16/h3-6,8-9H,7,17H2,1-2H3. The predicted molar refractivity (Wildman–Crippen MR) is 67.9 cm³/mol. The quantitative estimate of drug-likeness (QED) is 0.932. The summed E-state index contributed by atoms with van der Waals surface area (Å²) in [5.41, 5.74) is 6.84. The number of benzene rings is 1. The van der Waals surface area contributed by atoms with Crippen LogP contribution in [0.1, 0.15) is 25.6 Å². The summed E-state index contributed by atoms with van der Waals surface area (Å²) in [7, 11) is 0. The summed E-state index contributed by atoms with van der Waals surface area (Å²) in [6, 6.07) is 6.55. The Morgan fingerprint density at radius 1 is 1.26 bits per heavy atom. The maximum Gasteiger partial charge on any atom is 0.406 e. The van der Waals surface area contributed by atoms with E-state index >= 15 is 0 Å². The van der Waals surface area contributed by atoms with Crippen molar-refractivity contribution in [3.05, 3.63) is 30.1 Å². The lowest BCUT2D eigenvalue weighted by Gasteiger charge is -2.18. The molecule has 0 saturated carbocycles. The summed E-state index contributed by atoms with van der Waals surface area (Å²) in [5.74, 6) is 0.142. The van der Waals surface area contributed by atoms with Crippen LogP contribution in [0.2, 0.25) is 0 Å². The fraction of sp³-hybridized carbons (Fsp3) is 0.462. The third-order valence-corrected chi connectivity index (χ3v) is 3.22. The van der Waals surface area contributed by atoms with Gasteiger partial charge in [0.25, 0.3) is 0 Å². The number of imidazole rings is 1. The number of fused-ring (bicyclic) bond motifs is 1. The second kappa shape index (κ2) is 4.85. The van der Waals surface area contributed by atoms with Crippen LogP contribution in [0.15, 0.2) is 24.3 Å². The Balaban J connectivity index is 2.58. The van der Waals surface area contributed by atoms with E-state index in [1.54, 1.807) is 38.1 Å². The lowest BCUT2D eigenvalue weighted by Crippen LogP contribution is -2.27. The maximum absolute atomic E-state index is 12.7. The van der Waals surface area contributed by atoms with Crippen molar-refractivity contribution in [1.82, 2.24) is 9.55 Å². The minimum atomic E-state index is -4.28. The molecular weight excluding hydrogens is 255 g/mol. The third-order valence-electron chi connectivity index (χ3n) is 3.22. The van der Waals surface area contributed by atoms with Crippen molar-refractivity contribution in [2.45, 2.75) is 38.5 Å². The number of aromatic nitrogens is 2. The number of alkyl halides is 3. The predicted octanol–water partition coefficient (Wildman–Crippen LogP) is 3.05. The van der Waals surface area contributed by atoms with Crippen LogP contribution in [-0.2, 0) is 6.54 Å². The molecule has 0 bridgehead atoms. The van der Waals surface area contributed by atoms with Gasteiger partial charge in [0.1, 0.15) is 12.4 Å². The zero-order chi connectivity index (χ0) is 14.2. The lowest BCUT2D eigenvalue weighted by molar-refractivity contribution is -0.140. The van der Waals surface area contributed by atoms with Gasteiger partial charge in [-0.1, -0.05) is 19.1 Å². The van der Waals surface area contributed by atoms with Crippen molar-refractivity contribution in [3.8, 4) is 0 Å². The van der Waals surface area contributed by atoms with Crippen LogP contribution in [0.25, 0.3) is 11.0 Å². The number of halogens is 3. The molecule has 0 aliphatic heterocycles. The van der Waals surface area contributed by atoms with Gasteiger partial charge in [0.15, 0.2) is 0 Å². The number of nitrogens with two attached hydrogens (primary N) is 1. The van der Waals surface area contributed by atoms with Crippen LogP contribution in [0.4, 0.5) is 13.2 Å². The second-order valence-electron chi connectivity index (χ2n) is 4.81. The topological polar surface area (TPSA) is 43.8 Å². The van der Waals surface area contributed by atoms with E-state index in [2.05, 4.69) is 4.98 Å². The molecule has 0 saturated heterocycles. The summed E-state index contributed by atoms with van der Waals surface area (Å²) in [6.45, 7) is 2.51. The Hall–Kier alpha value is -1.56. The van der Waals surface area contributed by atoms with Gasteiger partial charge in [0.05, 0.1) is 11.0 Å². The molecule has 1 heterocycles. The first-order valence-electron chi connectivity index (χ1n) is 6.07. The maximum atomic E-state index is 12.7. The Kier molecular flexibility index (Phi) is 3.54. The van der Waals surface area contributed by atoms with Crippen molar-refractivity contribution in [1.29, 1.82) is 0 Å². The molecule has 6 heteroatoms. The summed E-state index contributed by atoms with van der Waals surface area (Å²) in [6.07, 6.45) is -4.28. The highest BCUT2D eigenvalue weighted by Gasteiger charge is 2.31. The molecule has 1 aromatic heterocycles. The van der Waals surface area contributed by atoms with E-state index in [0.29, 0.717) is 16.9 Å². The number of hydrogen-bond acceptors (Lipinski definition) is 2. The van der Waals surface area contributed by atoms with Gasteiger partial charge in [-0.2, -0.15) is 13.2 Å².